The van der Waals surface area contributed by atoms with Crippen LogP contribution in [0.2, 0.25) is 0 Å². The second-order valence-electron chi connectivity index (χ2n) is 8.25. The Bertz CT molecular complexity index is 684. The lowest BCUT2D eigenvalue weighted by atomic mass is 9.64. The number of rotatable bonds is 3. The topological polar surface area (TPSA) is 40.5 Å². The zero-order chi connectivity index (χ0) is 17.9. The molecule has 26 heavy (non-hydrogen) atoms. The minimum atomic E-state index is -0.334. The summed E-state index contributed by atoms with van der Waals surface area (Å²) < 4.78 is 0. The van der Waals surface area contributed by atoms with Crippen molar-refractivity contribution in [1.29, 1.82) is 0 Å². The van der Waals surface area contributed by atoms with Crippen LogP contribution in [-0.4, -0.2) is 22.4 Å². The lowest BCUT2D eigenvalue weighted by Crippen LogP contribution is -2.43. The van der Waals surface area contributed by atoms with Crippen LogP contribution in [0.5, 0.6) is 0 Å². The van der Waals surface area contributed by atoms with E-state index in [1.54, 1.807) is 0 Å². The van der Waals surface area contributed by atoms with Crippen molar-refractivity contribution >= 4 is 0 Å². The van der Waals surface area contributed by atoms with E-state index in [0.29, 0.717) is 5.92 Å². The molecule has 0 aromatic heterocycles. The minimum absolute atomic E-state index is 0.217. The van der Waals surface area contributed by atoms with E-state index in [1.807, 2.05) is 12.1 Å². The quantitative estimate of drug-likeness (QED) is 0.828. The molecule has 2 fully saturated rings. The van der Waals surface area contributed by atoms with Crippen LogP contribution in [-0.2, 0) is 0 Å². The van der Waals surface area contributed by atoms with Crippen molar-refractivity contribution in [2.45, 2.75) is 62.6 Å². The molecule has 2 aliphatic rings. The summed E-state index contributed by atoms with van der Waals surface area (Å²) in [6.07, 6.45) is 5.57. The molecule has 2 aromatic rings. The highest BCUT2D eigenvalue weighted by molar-refractivity contribution is 5.23. The summed E-state index contributed by atoms with van der Waals surface area (Å²) in [6, 6.07) is 21.0. The van der Waals surface area contributed by atoms with Gasteiger partial charge in [-0.25, -0.2) is 0 Å². The Morgan fingerprint density at radius 1 is 0.654 bits per heavy atom. The van der Waals surface area contributed by atoms with Crippen LogP contribution in [0, 0.1) is 11.8 Å². The maximum Gasteiger partial charge on any atom is 0.0640 e. The molecule has 2 N–H and O–H groups in total. The normalized spacial score (nSPS) is 35.2. The van der Waals surface area contributed by atoms with Gasteiger partial charge in [0.05, 0.1) is 12.2 Å². The van der Waals surface area contributed by atoms with Crippen molar-refractivity contribution in [3.63, 3.8) is 0 Å². The lowest BCUT2D eigenvalue weighted by Gasteiger charge is -2.44. The van der Waals surface area contributed by atoms with E-state index in [2.05, 4.69) is 48.5 Å². The summed E-state index contributed by atoms with van der Waals surface area (Å²) in [5, 5.41) is 22.0. The molecule has 0 amide bonds. The molecular formula is C24H30O2. The van der Waals surface area contributed by atoms with Gasteiger partial charge in [0, 0.05) is 5.92 Å². The monoisotopic (exact) mass is 350 g/mol. The number of benzene rings is 2. The van der Waals surface area contributed by atoms with E-state index >= 15 is 0 Å². The van der Waals surface area contributed by atoms with E-state index in [-0.39, 0.29) is 30.0 Å². The van der Waals surface area contributed by atoms with Crippen LogP contribution in [0.1, 0.15) is 61.5 Å². The summed E-state index contributed by atoms with van der Waals surface area (Å²) in [5.41, 5.74) is 2.59. The smallest absolute Gasteiger partial charge is 0.0640 e. The molecule has 138 valence electrons. The van der Waals surface area contributed by atoms with Crippen LogP contribution >= 0.6 is 0 Å². The van der Waals surface area contributed by atoms with Gasteiger partial charge in [0.25, 0.3) is 0 Å². The first-order chi connectivity index (χ1) is 12.7. The zero-order valence-corrected chi connectivity index (χ0v) is 15.4. The molecule has 2 nitrogen and oxygen atoms in total. The molecule has 4 rings (SSSR count). The molecule has 2 heteroatoms. The first-order valence-electron chi connectivity index (χ1n) is 10.2. The molecule has 0 radical (unpaired) electrons. The van der Waals surface area contributed by atoms with Gasteiger partial charge in [-0.3, -0.25) is 0 Å². The Labute approximate surface area is 156 Å². The van der Waals surface area contributed by atoms with Crippen molar-refractivity contribution in [3.05, 3.63) is 71.8 Å². The lowest BCUT2D eigenvalue weighted by molar-refractivity contribution is -0.0453. The summed E-state index contributed by atoms with van der Waals surface area (Å²) in [4.78, 5) is 0. The zero-order valence-electron chi connectivity index (χ0n) is 15.4. The molecule has 2 saturated carbocycles. The fourth-order valence-electron chi connectivity index (χ4n) is 5.44. The van der Waals surface area contributed by atoms with E-state index in [0.717, 1.165) is 38.5 Å². The molecule has 0 saturated heterocycles. The summed E-state index contributed by atoms with van der Waals surface area (Å²) in [6.45, 7) is 0. The van der Waals surface area contributed by atoms with Crippen LogP contribution < -0.4 is 0 Å². The molecule has 6 atom stereocenters. The highest BCUT2D eigenvalue weighted by atomic mass is 16.3. The van der Waals surface area contributed by atoms with Gasteiger partial charge in [-0.2, -0.15) is 0 Å². The Balaban J connectivity index is 1.46. The molecule has 2 aliphatic carbocycles. The molecular weight excluding hydrogens is 320 g/mol. The molecule has 6 unspecified atom stereocenters. The predicted octanol–water partition coefficient (Wildman–Crippen LogP) is 4.88. The average molecular weight is 351 g/mol. The van der Waals surface area contributed by atoms with E-state index in [4.69, 9.17) is 0 Å². The third kappa shape index (κ3) is 3.58. The number of hydrogen-bond acceptors (Lipinski definition) is 2. The molecule has 0 bridgehead atoms. The molecule has 2 aromatic carbocycles. The van der Waals surface area contributed by atoms with Gasteiger partial charge < -0.3 is 10.2 Å². The van der Waals surface area contributed by atoms with Crippen molar-refractivity contribution in [3.8, 4) is 0 Å². The number of aliphatic hydroxyl groups excluding tert-OH is 2. The first-order valence-corrected chi connectivity index (χ1v) is 10.2. The molecule has 0 spiro atoms. The minimum Gasteiger partial charge on any atom is -0.393 e. The second-order valence-corrected chi connectivity index (χ2v) is 8.25. The van der Waals surface area contributed by atoms with Gasteiger partial charge in [-0.1, -0.05) is 67.1 Å². The fourth-order valence-corrected chi connectivity index (χ4v) is 5.44. The van der Waals surface area contributed by atoms with Gasteiger partial charge >= 0.3 is 0 Å². The van der Waals surface area contributed by atoms with Crippen LogP contribution in [0.3, 0.4) is 0 Å². The Kier molecular flexibility index (Phi) is 5.42. The van der Waals surface area contributed by atoms with Crippen LogP contribution in [0.15, 0.2) is 60.7 Å². The second kappa shape index (κ2) is 7.94. The highest BCUT2D eigenvalue weighted by Crippen LogP contribution is 2.46. The van der Waals surface area contributed by atoms with Gasteiger partial charge in [-0.15, -0.1) is 0 Å². The fraction of sp³-hybridized carbons (Fsp3) is 0.500. The van der Waals surface area contributed by atoms with E-state index < -0.39 is 0 Å². The Morgan fingerprint density at radius 2 is 1.31 bits per heavy atom. The van der Waals surface area contributed by atoms with Crippen LogP contribution in [0.25, 0.3) is 0 Å². The number of hydrogen-bond donors (Lipinski definition) is 2. The van der Waals surface area contributed by atoms with Gasteiger partial charge in [0.15, 0.2) is 0 Å². The van der Waals surface area contributed by atoms with E-state index in [9.17, 15) is 10.2 Å². The summed E-state index contributed by atoms with van der Waals surface area (Å²) in [7, 11) is 0. The molecule has 0 heterocycles. The first kappa shape index (κ1) is 17.8. The van der Waals surface area contributed by atoms with Crippen LogP contribution in [0.4, 0.5) is 0 Å². The summed E-state index contributed by atoms with van der Waals surface area (Å²) >= 11 is 0. The maximum absolute atomic E-state index is 11.1. The van der Waals surface area contributed by atoms with E-state index in [1.165, 1.54) is 11.1 Å². The Hall–Kier alpha value is -1.64. The third-order valence-corrected chi connectivity index (χ3v) is 6.82. The van der Waals surface area contributed by atoms with Gasteiger partial charge in [0.1, 0.15) is 0 Å². The molecule has 0 aliphatic heterocycles. The summed E-state index contributed by atoms with van der Waals surface area (Å²) in [5.74, 6) is 1.12. The highest BCUT2D eigenvalue weighted by Gasteiger charge is 2.42. The SMILES string of the molecule is OC1CC(c2ccccc2)CCC1C1CCCC(c2ccccc2)C1O. The average Bonchev–Trinajstić information content (AvgIpc) is 2.70. The van der Waals surface area contributed by atoms with Gasteiger partial charge in [-0.05, 0) is 61.0 Å². The van der Waals surface area contributed by atoms with Crippen molar-refractivity contribution in [2.75, 3.05) is 0 Å². The van der Waals surface area contributed by atoms with Crippen molar-refractivity contribution < 1.29 is 10.2 Å². The number of aliphatic hydroxyl groups is 2. The Morgan fingerprint density at radius 3 is 1.96 bits per heavy atom. The maximum atomic E-state index is 11.1. The standard InChI is InChI=1S/C24H30O2/c25-23-16-19(17-8-3-1-4-9-17)14-15-21(23)22-13-7-12-20(24(22)26)18-10-5-2-6-11-18/h1-6,8-11,19-26H,7,12-16H2. The van der Waals surface area contributed by atoms with Crippen molar-refractivity contribution in [1.82, 2.24) is 0 Å². The van der Waals surface area contributed by atoms with Gasteiger partial charge in [0.2, 0.25) is 0 Å². The predicted molar refractivity (Wildman–Crippen MR) is 105 cm³/mol. The third-order valence-electron chi connectivity index (χ3n) is 6.82. The largest absolute Gasteiger partial charge is 0.393 e. The van der Waals surface area contributed by atoms with Crippen molar-refractivity contribution in [2.24, 2.45) is 11.8 Å².